The highest BCUT2D eigenvalue weighted by Crippen LogP contribution is 2.34. The number of benzene rings is 1. The van der Waals surface area contributed by atoms with Gasteiger partial charge in [-0.2, -0.15) is 0 Å². The fourth-order valence-corrected chi connectivity index (χ4v) is 3.53. The molecule has 0 aliphatic heterocycles. The summed E-state index contributed by atoms with van der Waals surface area (Å²) < 4.78 is 5.74. The molecule has 1 N–H and O–H groups in total. The molecule has 0 aliphatic rings. The fraction of sp³-hybridized carbons (Fsp3) is 0.471. The van der Waals surface area contributed by atoms with Gasteiger partial charge in [-0.3, -0.25) is 0 Å². The van der Waals surface area contributed by atoms with Crippen molar-refractivity contribution in [2.45, 2.75) is 45.8 Å². The van der Waals surface area contributed by atoms with E-state index in [0.29, 0.717) is 0 Å². The van der Waals surface area contributed by atoms with Crippen LogP contribution in [0.3, 0.4) is 0 Å². The van der Waals surface area contributed by atoms with Crippen LogP contribution >= 0.6 is 11.3 Å². The Morgan fingerprint density at radius 1 is 1.19 bits per heavy atom. The SMILES string of the molecule is CCC(CC)(OC)c1nc(CNc2ccc(C)cc2)cs1. The molecule has 0 bridgehead atoms. The van der Waals surface area contributed by atoms with Crippen LogP contribution in [-0.4, -0.2) is 12.1 Å². The van der Waals surface area contributed by atoms with E-state index in [1.807, 2.05) is 0 Å². The molecule has 1 heterocycles. The summed E-state index contributed by atoms with van der Waals surface area (Å²) >= 11 is 1.69. The summed E-state index contributed by atoms with van der Waals surface area (Å²) in [5.74, 6) is 0. The molecule has 0 spiro atoms. The van der Waals surface area contributed by atoms with E-state index in [1.165, 1.54) is 5.56 Å². The second-order valence-corrected chi connectivity index (χ2v) is 6.13. The average Bonchev–Trinajstić information content (AvgIpc) is 2.99. The third kappa shape index (κ3) is 3.63. The number of anilines is 1. The molecule has 3 nitrogen and oxygen atoms in total. The first-order chi connectivity index (χ1) is 10.1. The molecule has 114 valence electrons. The number of thiazole rings is 1. The summed E-state index contributed by atoms with van der Waals surface area (Å²) in [7, 11) is 1.78. The summed E-state index contributed by atoms with van der Waals surface area (Å²) in [4.78, 5) is 4.76. The molecule has 0 radical (unpaired) electrons. The van der Waals surface area contributed by atoms with Crippen LogP contribution < -0.4 is 5.32 Å². The number of hydrogen-bond acceptors (Lipinski definition) is 4. The molecule has 0 amide bonds. The Labute approximate surface area is 131 Å². The molecule has 0 atom stereocenters. The quantitative estimate of drug-likeness (QED) is 0.803. The molecule has 0 saturated carbocycles. The Kier molecular flexibility index (Phi) is 5.37. The number of ether oxygens (including phenoxy) is 1. The predicted molar refractivity (Wildman–Crippen MR) is 89.9 cm³/mol. The second-order valence-electron chi connectivity index (χ2n) is 5.27. The van der Waals surface area contributed by atoms with E-state index in [1.54, 1.807) is 18.4 Å². The molecular weight excluding hydrogens is 280 g/mol. The van der Waals surface area contributed by atoms with E-state index in [2.05, 4.69) is 55.7 Å². The first-order valence-corrected chi connectivity index (χ1v) is 8.32. The Hall–Kier alpha value is -1.39. The Morgan fingerprint density at radius 3 is 2.43 bits per heavy atom. The van der Waals surface area contributed by atoms with Crippen LogP contribution in [-0.2, 0) is 16.9 Å². The van der Waals surface area contributed by atoms with Crippen molar-refractivity contribution in [3.8, 4) is 0 Å². The van der Waals surface area contributed by atoms with E-state index in [9.17, 15) is 0 Å². The molecule has 0 saturated heterocycles. The third-order valence-corrected chi connectivity index (χ3v) is 5.08. The van der Waals surface area contributed by atoms with Crippen molar-refractivity contribution >= 4 is 17.0 Å². The lowest BCUT2D eigenvalue weighted by molar-refractivity contribution is -0.0219. The lowest BCUT2D eigenvalue weighted by Crippen LogP contribution is -2.26. The van der Waals surface area contributed by atoms with Gasteiger partial charge >= 0.3 is 0 Å². The van der Waals surface area contributed by atoms with E-state index >= 15 is 0 Å². The van der Waals surface area contributed by atoms with Crippen LogP contribution in [0.5, 0.6) is 0 Å². The number of hydrogen-bond donors (Lipinski definition) is 1. The maximum absolute atomic E-state index is 5.74. The number of nitrogens with one attached hydrogen (secondary N) is 1. The first-order valence-electron chi connectivity index (χ1n) is 7.44. The normalized spacial score (nSPS) is 11.6. The molecule has 4 heteroatoms. The lowest BCUT2D eigenvalue weighted by atomic mass is 9.98. The summed E-state index contributed by atoms with van der Waals surface area (Å²) in [6, 6.07) is 8.41. The topological polar surface area (TPSA) is 34.1 Å². The van der Waals surface area contributed by atoms with Crippen LogP contribution in [0.4, 0.5) is 5.69 Å². The zero-order valence-corrected chi connectivity index (χ0v) is 14.1. The molecule has 1 aromatic heterocycles. The zero-order valence-electron chi connectivity index (χ0n) is 13.3. The monoisotopic (exact) mass is 304 g/mol. The molecule has 2 aromatic rings. The summed E-state index contributed by atoms with van der Waals surface area (Å²) in [5, 5.41) is 6.61. The standard InChI is InChI=1S/C17H24N2OS/c1-5-17(6-2,20-4)16-19-15(12-21-16)11-18-14-9-7-13(3)8-10-14/h7-10,12,18H,5-6,11H2,1-4H3. The van der Waals surface area contributed by atoms with Crippen LogP contribution in [0.15, 0.2) is 29.6 Å². The van der Waals surface area contributed by atoms with Crippen molar-refractivity contribution in [3.05, 3.63) is 45.9 Å². The number of aryl methyl sites for hydroxylation is 1. The number of aromatic nitrogens is 1. The van der Waals surface area contributed by atoms with Gasteiger partial charge in [0, 0.05) is 18.2 Å². The molecule has 1 aromatic carbocycles. The molecular formula is C17H24N2OS. The summed E-state index contributed by atoms with van der Waals surface area (Å²) in [6.45, 7) is 7.14. The van der Waals surface area contributed by atoms with Crippen molar-refractivity contribution in [1.29, 1.82) is 0 Å². The van der Waals surface area contributed by atoms with Gasteiger partial charge < -0.3 is 10.1 Å². The van der Waals surface area contributed by atoms with Gasteiger partial charge in [-0.1, -0.05) is 31.5 Å². The second kappa shape index (κ2) is 7.05. The smallest absolute Gasteiger partial charge is 0.125 e. The van der Waals surface area contributed by atoms with Gasteiger partial charge in [0.15, 0.2) is 0 Å². The van der Waals surface area contributed by atoms with Gasteiger partial charge in [0.1, 0.15) is 10.6 Å². The Bertz CT molecular complexity index is 550. The largest absolute Gasteiger partial charge is 0.379 e. The highest BCUT2D eigenvalue weighted by atomic mass is 32.1. The van der Waals surface area contributed by atoms with Gasteiger partial charge in [0.05, 0.1) is 12.2 Å². The van der Waals surface area contributed by atoms with Crippen LogP contribution in [0.2, 0.25) is 0 Å². The van der Waals surface area contributed by atoms with Gasteiger partial charge in [-0.15, -0.1) is 11.3 Å². The lowest BCUT2D eigenvalue weighted by Gasteiger charge is -2.27. The number of methoxy groups -OCH3 is 1. The van der Waals surface area contributed by atoms with E-state index in [4.69, 9.17) is 9.72 Å². The van der Waals surface area contributed by atoms with Crippen molar-refractivity contribution in [2.75, 3.05) is 12.4 Å². The Balaban J connectivity index is 2.04. The predicted octanol–water partition coefficient (Wildman–Crippen LogP) is 4.73. The van der Waals surface area contributed by atoms with Crippen molar-refractivity contribution in [1.82, 2.24) is 4.98 Å². The summed E-state index contributed by atoms with van der Waals surface area (Å²) in [5.41, 5.74) is 3.23. The molecule has 0 aliphatic carbocycles. The van der Waals surface area contributed by atoms with Gasteiger partial charge in [-0.05, 0) is 31.9 Å². The van der Waals surface area contributed by atoms with E-state index in [0.717, 1.165) is 35.8 Å². The molecule has 0 unspecified atom stereocenters. The highest BCUT2D eigenvalue weighted by molar-refractivity contribution is 7.09. The van der Waals surface area contributed by atoms with Crippen molar-refractivity contribution < 1.29 is 4.74 Å². The molecule has 0 fully saturated rings. The molecule has 2 rings (SSSR count). The van der Waals surface area contributed by atoms with Crippen LogP contribution in [0.1, 0.15) is 43.0 Å². The zero-order chi connectivity index (χ0) is 15.3. The minimum Gasteiger partial charge on any atom is -0.379 e. The maximum Gasteiger partial charge on any atom is 0.125 e. The minimum atomic E-state index is -0.229. The number of nitrogens with zero attached hydrogens (tertiary/aromatic N) is 1. The van der Waals surface area contributed by atoms with Gasteiger partial charge in [-0.25, -0.2) is 4.98 Å². The maximum atomic E-state index is 5.74. The average molecular weight is 304 g/mol. The van der Waals surface area contributed by atoms with E-state index < -0.39 is 0 Å². The fourth-order valence-electron chi connectivity index (χ4n) is 2.39. The van der Waals surface area contributed by atoms with E-state index in [-0.39, 0.29) is 5.60 Å². The number of rotatable bonds is 7. The Morgan fingerprint density at radius 2 is 1.86 bits per heavy atom. The minimum absolute atomic E-state index is 0.229. The van der Waals surface area contributed by atoms with Crippen LogP contribution in [0, 0.1) is 6.92 Å². The summed E-state index contributed by atoms with van der Waals surface area (Å²) in [6.07, 6.45) is 1.89. The van der Waals surface area contributed by atoms with Crippen molar-refractivity contribution in [3.63, 3.8) is 0 Å². The third-order valence-electron chi connectivity index (χ3n) is 4.00. The van der Waals surface area contributed by atoms with Gasteiger partial charge in [0.2, 0.25) is 0 Å². The first kappa shape index (κ1) is 16.0. The highest BCUT2D eigenvalue weighted by Gasteiger charge is 2.31. The van der Waals surface area contributed by atoms with Crippen LogP contribution in [0.25, 0.3) is 0 Å². The van der Waals surface area contributed by atoms with Gasteiger partial charge in [0.25, 0.3) is 0 Å². The van der Waals surface area contributed by atoms with Crippen molar-refractivity contribution in [2.24, 2.45) is 0 Å². The molecule has 21 heavy (non-hydrogen) atoms.